The smallest absolute Gasteiger partial charge is 0.204 e. The summed E-state index contributed by atoms with van der Waals surface area (Å²) < 4.78 is 4.30. The number of aromatic nitrogens is 2. The van der Waals surface area contributed by atoms with Crippen LogP contribution in [0.25, 0.3) is 0 Å². The van der Waals surface area contributed by atoms with Crippen molar-refractivity contribution in [2.24, 2.45) is 12.8 Å². The van der Waals surface area contributed by atoms with E-state index in [1.807, 2.05) is 0 Å². The first-order valence-corrected chi connectivity index (χ1v) is 3.98. The molecular weight excluding hydrogens is 138 g/mol. The fourth-order valence-electron chi connectivity index (χ4n) is 1.08. The maximum atomic E-state index is 5.41. The zero-order chi connectivity index (χ0) is 8.27. The second-order valence-electron chi connectivity index (χ2n) is 2.79. The fraction of sp³-hybridized carbons (Fsp3) is 0.625. The van der Waals surface area contributed by atoms with Gasteiger partial charge in [-0.25, -0.2) is 0 Å². The first-order valence-electron chi connectivity index (χ1n) is 3.98. The Bertz CT molecular complexity index is 227. The van der Waals surface area contributed by atoms with E-state index in [1.165, 1.54) is 5.69 Å². The van der Waals surface area contributed by atoms with Crippen molar-refractivity contribution in [3.05, 3.63) is 18.0 Å². The van der Waals surface area contributed by atoms with Crippen molar-refractivity contribution in [2.45, 2.75) is 19.9 Å². The van der Waals surface area contributed by atoms with Crippen molar-refractivity contribution in [1.82, 2.24) is 4.68 Å². The van der Waals surface area contributed by atoms with Crippen LogP contribution >= 0.6 is 0 Å². The average Bonchev–Trinajstić information content (AvgIpc) is 2.31. The molecule has 0 bridgehead atoms. The summed E-state index contributed by atoms with van der Waals surface area (Å²) in [5, 5.41) is 0. The zero-order valence-electron chi connectivity index (χ0n) is 7.25. The first-order chi connectivity index (χ1) is 5.25. The van der Waals surface area contributed by atoms with Crippen LogP contribution in [0.5, 0.6) is 0 Å². The summed E-state index contributed by atoms with van der Waals surface area (Å²) in [6.45, 7) is 3.87. The summed E-state index contributed by atoms with van der Waals surface area (Å²) in [5.41, 5.74) is 6.69. The van der Waals surface area contributed by atoms with Crippen LogP contribution in [0.3, 0.4) is 0 Å². The number of hydrogen-bond donors (Lipinski definition) is 1. The maximum absolute atomic E-state index is 5.41. The molecule has 0 saturated carbocycles. The highest BCUT2D eigenvalue weighted by molar-refractivity contribution is 4.87. The minimum absolute atomic E-state index is 0.761. The quantitative estimate of drug-likeness (QED) is 0.610. The molecule has 0 aliphatic heterocycles. The van der Waals surface area contributed by atoms with Crippen LogP contribution < -0.4 is 10.4 Å². The van der Waals surface area contributed by atoms with Crippen LogP contribution in [0.15, 0.2) is 12.3 Å². The van der Waals surface area contributed by atoms with E-state index in [-0.39, 0.29) is 0 Å². The molecule has 1 aromatic heterocycles. The normalized spacial score (nSPS) is 10.5. The SMILES string of the molecule is Cc1ccn(CCCN)[n+]1C. The van der Waals surface area contributed by atoms with E-state index in [1.54, 1.807) is 0 Å². The molecule has 0 radical (unpaired) electrons. The third-order valence-corrected chi connectivity index (χ3v) is 1.97. The van der Waals surface area contributed by atoms with Gasteiger partial charge in [-0.3, -0.25) is 0 Å². The Morgan fingerprint density at radius 3 is 2.82 bits per heavy atom. The largest absolute Gasteiger partial charge is 0.330 e. The minimum Gasteiger partial charge on any atom is -0.330 e. The highest BCUT2D eigenvalue weighted by atomic mass is 15.4. The minimum atomic E-state index is 0.761. The van der Waals surface area contributed by atoms with Crippen LogP contribution in [-0.4, -0.2) is 11.2 Å². The number of nitrogens with zero attached hydrogens (tertiary/aromatic N) is 2. The molecular formula is C8H16N3+. The Hall–Kier alpha value is -0.830. The molecule has 1 heterocycles. The molecule has 0 amide bonds. The highest BCUT2D eigenvalue weighted by Gasteiger charge is 2.05. The Labute approximate surface area is 67.4 Å². The van der Waals surface area contributed by atoms with Crippen LogP contribution in [0, 0.1) is 6.92 Å². The van der Waals surface area contributed by atoms with Crippen LogP contribution in [0.1, 0.15) is 12.1 Å². The number of rotatable bonds is 3. The molecule has 0 atom stereocenters. The molecule has 62 valence electrons. The van der Waals surface area contributed by atoms with E-state index in [4.69, 9.17) is 5.73 Å². The summed E-state index contributed by atoms with van der Waals surface area (Å²) in [5.74, 6) is 0. The third kappa shape index (κ3) is 1.80. The Morgan fingerprint density at radius 1 is 1.64 bits per heavy atom. The zero-order valence-corrected chi connectivity index (χ0v) is 7.25. The fourth-order valence-corrected chi connectivity index (χ4v) is 1.08. The standard InChI is InChI=1S/C8H16N3/c1-8-4-7-11(10(8)2)6-3-5-9/h4,7H,3,5-6,9H2,1-2H3/q+1. The monoisotopic (exact) mass is 154 g/mol. The molecule has 0 unspecified atom stereocenters. The van der Waals surface area contributed by atoms with Gasteiger partial charge in [0.2, 0.25) is 5.69 Å². The lowest BCUT2D eigenvalue weighted by Crippen LogP contribution is -2.41. The van der Waals surface area contributed by atoms with Gasteiger partial charge in [-0.2, -0.15) is 4.68 Å². The van der Waals surface area contributed by atoms with E-state index < -0.39 is 0 Å². The Morgan fingerprint density at radius 2 is 2.36 bits per heavy atom. The predicted molar refractivity (Wildman–Crippen MR) is 44.0 cm³/mol. The van der Waals surface area contributed by atoms with E-state index in [0.717, 1.165) is 19.5 Å². The van der Waals surface area contributed by atoms with E-state index in [0.29, 0.717) is 0 Å². The van der Waals surface area contributed by atoms with Gasteiger partial charge in [0, 0.05) is 13.0 Å². The molecule has 0 saturated heterocycles. The number of nitrogens with two attached hydrogens (primary N) is 1. The lowest BCUT2D eigenvalue weighted by atomic mass is 10.4. The van der Waals surface area contributed by atoms with Gasteiger partial charge < -0.3 is 5.73 Å². The number of aryl methyl sites for hydroxylation is 2. The molecule has 11 heavy (non-hydrogen) atoms. The predicted octanol–water partition coefficient (Wildman–Crippen LogP) is -0.0302. The van der Waals surface area contributed by atoms with Crippen molar-refractivity contribution in [3.63, 3.8) is 0 Å². The Balaban J connectivity index is 2.63. The van der Waals surface area contributed by atoms with Crippen molar-refractivity contribution < 1.29 is 4.68 Å². The maximum Gasteiger partial charge on any atom is 0.204 e. The van der Waals surface area contributed by atoms with Gasteiger partial charge >= 0.3 is 0 Å². The topological polar surface area (TPSA) is 34.8 Å². The summed E-state index contributed by atoms with van der Waals surface area (Å²) in [7, 11) is 2.06. The van der Waals surface area contributed by atoms with Gasteiger partial charge in [-0.05, 0) is 13.0 Å². The van der Waals surface area contributed by atoms with E-state index in [2.05, 4.69) is 35.6 Å². The molecule has 0 fully saturated rings. The van der Waals surface area contributed by atoms with Crippen LogP contribution in [0.2, 0.25) is 0 Å². The van der Waals surface area contributed by atoms with Gasteiger partial charge in [0.05, 0.1) is 12.7 Å². The van der Waals surface area contributed by atoms with Crippen molar-refractivity contribution >= 4 is 0 Å². The van der Waals surface area contributed by atoms with Crippen molar-refractivity contribution in [3.8, 4) is 0 Å². The lowest BCUT2D eigenvalue weighted by molar-refractivity contribution is -0.758. The Kier molecular flexibility index (Phi) is 2.65. The van der Waals surface area contributed by atoms with E-state index in [9.17, 15) is 0 Å². The molecule has 0 aromatic carbocycles. The molecule has 0 aliphatic carbocycles. The van der Waals surface area contributed by atoms with E-state index >= 15 is 0 Å². The second kappa shape index (κ2) is 3.53. The molecule has 3 nitrogen and oxygen atoms in total. The van der Waals surface area contributed by atoms with Crippen molar-refractivity contribution in [2.75, 3.05) is 6.54 Å². The summed E-state index contributed by atoms with van der Waals surface area (Å²) in [4.78, 5) is 0. The summed E-state index contributed by atoms with van der Waals surface area (Å²) >= 11 is 0. The molecule has 1 aromatic rings. The highest BCUT2D eigenvalue weighted by Crippen LogP contribution is 1.90. The molecule has 2 N–H and O–H groups in total. The van der Waals surface area contributed by atoms with Gasteiger partial charge in [0.1, 0.15) is 0 Å². The lowest BCUT2D eigenvalue weighted by Gasteiger charge is -1.97. The molecule has 0 aliphatic rings. The molecule has 1 rings (SSSR count). The molecule has 3 heteroatoms. The second-order valence-corrected chi connectivity index (χ2v) is 2.79. The van der Waals surface area contributed by atoms with Crippen LogP contribution in [0.4, 0.5) is 0 Å². The van der Waals surface area contributed by atoms with Gasteiger partial charge in [0.15, 0.2) is 7.05 Å². The number of hydrogen-bond acceptors (Lipinski definition) is 1. The van der Waals surface area contributed by atoms with Crippen LogP contribution in [-0.2, 0) is 13.6 Å². The van der Waals surface area contributed by atoms with Gasteiger partial charge in [0.25, 0.3) is 0 Å². The first kappa shape index (κ1) is 8.27. The summed E-state index contributed by atoms with van der Waals surface area (Å²) in [6, 6.07) is 2.11. The molecule has 0 spiro atoms. The summed E-state index contributed by atoms with van der Waals surface area (Å²) in [6.07, 6.45) is 3.13. The van der Waals surface area contributed by atoms with Crippen molar-refractivity contribution in [1.29, 1.82) is 0 Å². The van der Waals surface area contributed by atoms with Gasteiger partial charge in [-0.1, -0.05) is 0 Å². The van der Waals surface area contributed by atoms with Gasteiger partial charge in [-0.15, -0.1) is 4.68 Å². The average molecular weight is 154 g/mol. The third-order valence-electron chi connectivity index (χ3n) is 1.97.